The second-order valence-electron chi connectivity index (χ2n) is 6.51. The fraction of sp³-hybridized carbons (Fsp3) is 1.00. The van der Waals surface area contributed by atoms with E-state index < -0.39 is 23.9 Å². The van der Waals surface area contributed by atoms with E-state index in [0.717, 1.165) is 13.1 Å². The topological polar surface area (TPSA) is 30.5 Å². The van der Waals surface area contributed by atoms with E-state index in [1.54, 1.807) is 0 Å². The second kappa shape index (κ2) is 3.38. The molecule has 3 rings (SSSR count). The van der Waals surface area contributed by atoms with E-state index in [9.17, 15) is 4.39 Å². The van der Waals surface area contributed by atoms with Crippen LogP contribution < -0.4 is 5.32 Å². The van der Waals surface area contributed by atoms with Gasteiger partial charge in [-0.25, -0.2) is 4.39 Å². The highest BCUT2D eigenvalue weighted by molar-refractivity contribution is 6.51. The number of rotatable bonds is 1. The highest BCUT2D eigenvalue weighted by Crippen LogP contribution is 2.65. The first-order chi connectivity index (χ1) is 7.23. The fourth-order valence-corrected chi connectivity index (χ4v) is 2.66. The lowest BCUT2D eigenvalue weighted by atomic mass is 9.72. The molecule has 0 bridgehead atoms. The molecular weight excluding hydrogens is 243 g/mol. The molecule has 6 heteroatoms. The average Bonchev–Trinajstić information content (AvgIpc) is 2.64. The van der Waals surface area contributed by atoms with Gasteiger partial charge in [0, 0.05) is 18.5 Å². The van der Waals surface area contributed by atoms with Crippen LogP contribution in [0.1, 0.15) is 34.1 Å². The lowest BCUT2D eigenvalue weighted by molar-refractivity contribution is 0.00578. The second-order valence-corrected chi connectivity index (χ2v) is 6.51. The Labute approximate surface area is 108 Å². The normalized spacial score (nSPS) is 39.7. The van der Waals surface area contributed by atoms with Gasteiger partial charge in [-0.2, -0.15) is 0 Å². The lowest BCUT2D eigenvalue weighted by Gasteiger charge is -2.32. The van der Waals surface area contributed by atoms with Crippen molar-refractivity contribution < 1.29 is 13.7 Å². The number of hydrogen-bond acceptors (Lipinski definition) is 3. The molecule has 17 heavy (non-hydrogen) atoms. The Morgan fingerprint density at radius 3 is 1.82 bits per heavy atom. The maximum absolute atomic E-state index is 14.7. The first kappa shape index (κ1) is 13.6. The molecule has 0 amide bonds. The molecule has 98 valence electrons. The molecule has 1 spiro atoms. The SMILES string of the molecule is CC1(C)OB(C2(F)CC23CNC3)OC1(C)C.Cl. The summed E-state index contributed by atoms with van der Waals surface area (Å²) in [4.78, 5) is 0. The fourth-order valence-electron chi connectivity index (χ4n) is 2.66. The minimum Gasteiger partial charge on any atom is -0.401 e. The maximum Gasteiger partial charge on any atom is 0.498 e. The molecule has 0 aromatic heterocycles. The summed E-state index contributed by atoms with van der Waals surface area (Å²) in [5, 5.41) is 3.13. The van der Waals surface area contributed by atoms with Gasteiger partial charge in [-0.3, -0.25) is 0 Å². The Morgan fingerprint density at radius 1 is 1.06 bits per heavy atom. The Balaban J connectivity index is 0.00000108. The molecule has 2 saturated heterocycles. The smallest absolute Gasteiger partial charge is 0.401 e. The Bertz CT molecular complexity index is 332. The zero-order chi connectivity index (χ0) is 11.8. The first-order valence-electron chi connectivity index (χ1n) is 5.98. The largest absolute Gasteiger partial charge is 0.498 e. The van der Waals surface area contributed by atoms with Crippen LogP contribution in [0.5, 0.6) is 0 Å². The predicted octanol–water partition coefficient (Wildman–Crippen LogP) is 1.74. The third-order valence-electron chi connectivity index (χ3n) is 4.91. The molecular formula is C11H20BClFNO2. The van der Waals surface area contributed by atoms with E-state index in [2.05, 4.69) is 5.32 Å². The summed E-state index contributed by atoms with van der Waals surface area (Å²) in [5.74, 6) is 0. The van der Waals surface area contributed by atoms with Gasteiger partial charge in [-0.05, 0) is 34.1 Å². The van der Waals surface area contributed by atoms with Crippen LogP contribution in [0.2, 0.25) is 0 Å². The van der Waals surface area contributed by atoms with Crippen molar-refractivity contribution in [1.82, 2.24) is 5.32 Å². The van der Waals surface area contributed by atoms with Gasteiger partial charge in [-0.1, -0.05) is 0 Å². The van der Waals surface area contributed by atoms with E-state index in [1.807, 2.05) is 27.7 Å². The minimum absolute atomic E-state index is 0. The summed E-state index contributed by atoms with van der Waals surface area (Å²) in [6.07, 6.45) is 0.573. The summed E-state index contributed by atoms with van der Waals surface area (Å²) >= 11 is 0. The van der Waals surface area contributed by atoms with E-state index in [1.165, 1.54) is 0 Å². The van der Waals surface area contributed by atoms with Gasteiger partial charge in [-0.15, -0.1) is 12.4 Å². The monoisotopic (exact) mass is 263 g/mol. The maximum atomic E-state index is 14.7. The number of halogens is 2. The Hall–Kier alpha value is 0.165. The van der Waals surface area contributed by atoms with Crippen LogP contribution in [0.3, 0.4) is 0 Å². The van der Waals surface area contributed by atoms with E-state index >= 15 is 0 Å². The molecule has 1 aliphatic carbocycles. The summed E-state index contributed by atoms with van der Waals surface area (Å²) < 4.78 is 26.3. The third kappa shape index (κ3) is 1.52. The van der Waals surface area contributed by atoms with E-state index in [0.29, 0.717) is 6.42 Å². The number of hydrogen-bond donors (Lipinski definition) is 1. The molecule has 1 saturated carbocycles. The molecule has 3 nitrogen and oxygen atoms in total. The molecule has 1 N–H and O–H groups in total. The molecule has 0 radical (unpaired) electrons. The molecule has 3 fully saturated rings. The van der Waals surface area contributed by atoms with Crippen molar-refractivity contribution in [2.24, 2.45) is 5.41 Å². The van der Waals surface area contributed by atoms with Crippen molar-refractivity contribution in [3.63, 3.8) is 0 Å². The minimum atomic E-state index is -1.27. The van der Waals surface area contributed by atoms with Crippen LogP contribution >= 0.6 is 12.4 Å². The molecule has 0 aromatic rings. The number of alkyl halides is 1. The van der Waals surface area contributed by atoms with Crippen molar-refractivity contribution in [3.05, 3.63) is 0 Å². The van der Waals surface area contributed by atoms with Crippen LogP contribution in [-0.4, -0.2) is 37.0 Å². The summed E-state index contributed by atoms with van der Waals surface area (Å²) in [7, 11) is -0.695. The highest BCUT2D eigenvalue weighted by Gasteiger charge is 2.81. The van der Waals surface area contributed by atoms with Gasteiger partial charge in [0.1, 0.15) is 0 Å². The van der Waals surface area contributed by atoms with Crippen LogP contribution in [-0.2, 0) is 9.31 Å². The zero-order valence-electron chi connectivity index (χ0n) is 10.8. The highest BCUT2D eigenvalue weighted by atomic mass is 35.5. The van der Waals surface area contributed by atoms with Crippen molar-refractivity contribution in [2.75, 3.05) is 13.1 Å². The molecule has 2 aliphatic heterocycles. The van der Waals surface area contributed by atoms with Crippen molar-refractivity contribution in [1.29, 1.82) is 0 Å². The molecule has 0 aromatic carbocycles. The van der Waals surface area contributed by atoms with Gasteiger partial charge in [0.05, 0.1) is 11.2 Å². The average molecular weight is 264 g/mol. The van der Waals surface area contributed by atoms with Gasteiger partial charge >= 0.3 is 7.12 Å². The first-order valence-corrected chi connectivity index (χ1v) is 5.98. The van der Waals surface area contributed by atoms with Gasteiger partial charge in [0.25, 0.3) is 0 Å². The van der Waals surface area contributed by atoms with Crippen molar-refractivity contribution in [3.8, 4) is 0 Å². The zero-order valence-corrected chi connectivity index (χ0v) is 11.6. The van der Waals surface area contributed by atoms with Crippen molar-refractivity contribution in [2.45, 2.75) is 50.9 Å². The molecule has 3 aliphatic rings. The van der Waals surface area contributed by atoms with Gasteiger partial charge < -0.3 is 14.6 Å². The molecule has 2 heterocycles. The van der Waals surface area contributed by atoms with Gasteiger partial charge in [0.15, 0.2) is 5.57 Å². The van der Waals surface area contributed by atoms with Crippen LogP contribution in [0.25, 0.3) is 0 Å². The summed E-state index contributed by atoms with van der Waals surface area (Å²) in [6.45, 7) is 9.37. The van der Waals surface area contributed by atoms with Crippen LogP contribution in [0.15, 0.2) is 0 Å². The Morgan fingerprint density at radius 2 is 1.53 bits per heavy atom. The summed E-state index contributed by atoms with van der Waals surface area (Å²) in [6, 6.07) is 0. The Kier molecular flexibility index (Phi) is 2.70. The predicted molar refractivity (Wildman–Crippen MR) is 67.1 cm³/mol. The summed E-state index contributed by atoms with van der Waals surface area (Å²) in [5.41, 5.74) is -2.34. The molecule has 1 unspecified atom stereocenters. The van der Waals surface area contributed by atoms with Gasteiger partial charge in [0.2, 0.25) is 0 Å². The van der Waals surface area contributed by atoms with Crippen LogP contribution in [0, 0.1) is 5.41 Å². The third-order valence-corrected chi connectivity index (χ3v) is 4.91. The van der Waals surface area contributed by atoms with Crippen LogP contribution in [0.4, 0.5) is 4.39 Å². The standard InChI is InChI=1S/C11H19BFNO2.ClH/c1-8(2)9(3,4)16-12(15-8)11(13)5-10(11)6-14-7-10;/h14H,5-7H2,1-4H3;1H. The van der Waals surface area contributed by atoms with E-state index in [-0.39, 0.29) is 17.8 Å². The van der Waals surface area contributed by atoms with Crippen molar-refractivity contribution >= 4 is 19.5 Å². The van der Waals surface area contributed by atoms with E-state index in [4.69, 9.17) is 9.31 Å². The quantitative estimate of drug-likeness (QED) is 0.731. The number of nitrogens with one attached hydrogen (secondary N) is 1. The lowest BCUT2D eigenvalue weighted by Crippen LogP contribution is -2.53. The molecule has 1 atom stereocenters.